The van der Waals surface area contributed by atoms with E-state index in [4.69, 9.17) is 11.6 Å². The van der Waals surface area contributed by atoms with Crippen LogP contribution in [0.4, 0.5) is 11.4 Å². The lowest BCUT2D eigenvalue weighted by atomic mass is 10.0. The van der Waals surface area contributed by atoms with Gasteiger partial charge in [0.15, 0.2) is 0 Å². The van der Waals surface area contributed by atoms with Gasteiger partial charge in [0, 0.05) is 25.2 Å². The number of anilines is 2. The van der Waals surface area contributed by atoms with Gasteiger partial charge in [-0.05, 0) is 43.2 Å². The maximum atomic E-state index is 6.12. The minimum absolute atomic E-state index is 0.230. The predicted molar refractivity (Wildman–Crippen MR) is 89.0 cm³/mol. The molecular weight excluding hydrogens is 268 g/mol. The zero-order valence-corrected chi connectivity index (χ0v) is 13.2. The third-order valence-corrected chi connectivity index (χ3v) is 3.70. The summed E-state index contributed by atoms with van der Waals surface area (Å²) in [5.74, 6) is 0. The van der Waals surface area contributed by atoms with Gasteiger partial charge in [-0.1, -0.05) is 35.9 Å². The molecule has 1 atom stereocenters. The smallest absolute Gasteiger partial charge is 0.0598 e. The standard InChI is InChI=1S/C17H21ClN2/c1-12-7-5-6-8-15(12)13(2)19-16-11-14(18)9-10-17(16)20(3)4/h5-11,13,19H,1-4H3. The highest BCUT2D eigenvalue weighted by Gasteiger charge is 2.11. The molecule has 0 saturated heterocycles. The van der Waals surface area contributed by atoms with Crippen LogP contribution in [0.2, 0.25) is 5.02 Å². The molecule has 0 heterocycles. The number of hydrogen-bond donors (Lipinski definition) is 1. The van der Waals surface area contributed by atoms with Crippen molar-refractivity contribution < 1.29 is 0 Å². The van der Waals surface area contributed by atoms with E-state index in [1.807, 2.05) is 32.3 Å². The molecule has 1 unspecified atom stereocenters. The van der Waals surface area contributed by atoms with Crippen LogP contribution in [0.15, 0.2) is 42.5 Å². The summed E-state index contributed by atoms with van der Waals surface area (Å²) in [4.78, 5) is 2.09. The summed E-state index contributed by atoms with van der Waals surface area (Å²) >= 11 is 6.12. The van der Waals surface area contributed by atoms with Crippen molar-refractivity contribution in [1.82, 2.24) is 0 Å². The fourth-order valence-corrected chi connectivity index (χ4v) is 2.57. The fourth-order valence-electron chi connectivity index (χ4n) is 2.40. The lowest BCUT2D eigenvalue weighted by Crippen LogP contribution is -2.14. The van der Waals surface area contributed by atoms with Gasteiger partial charge >= 0.3 is 0 Å². The topological polar surface area (TPSA) is 15.3 Å². The molecule has 20 heavy (non-hydrogen) atoms. The summed E-state index contributed by atoms with van der Waals surface area (Å²) in [6, 6.07) is 14.6. The molecule has 106 valence electrons. The van der Waals surface area contributed by atoms with Crippen LogP contribution in [0.3, 0.4) is 0 Å². The van der Waals surface area contributed by atoms with Gasteiger partial charge in [0.05, 0.1) is 11.4 Å². The molecule has 0 aliphatic heterocycles. The number of nitrogens with zero attached hydrogens (tertiary/aromatic N) is 1. The van der Waals surface area contributed by atoms with Crippen LogP contribution in [0.5, 0.6) is 0 Å². The molecule has 0 amide bonds. The molecule has 0 aliphatic carbocycles. The Morgan fingerprint density at radius 2 is 1.80 bits per heavy atom. The normalized spacial score (nSPS) is 12.1. The number of nitrogens with one attached hydrogen (secondary N) is 1. The van der Waals surface area contributed by atoms with Crippen molar-refractivity contribution in [3.8, 4) is 0 Å². The first-order valence-corrected chi connectivity index (χ1v) is 7.16. The average molecular weight is 289 g/mol. The van der Waals surface area contributed by atoms with Crippen molar-refractivity contribution in [1.29, 1.82) is 0 Å². The Hall–Kier alpha value is -1.67. The van der Waals surface area contributed by atoms with E-state index in [-0.39, 0.29) is 6.04 Å². The van der Waals surface area contributed by atoms with Crippen LogP contribution in [-0.2, 0) is 0 Å². The molecule has 2 nitrogen and oxygen atoms in total. The summed E-state index contributed by atoms with van der Waals surface area (Å²) in [6.45, 7) is 4.31. The van der Waals surface area contributed by atoms with E-state index in [0.29, 0.717) is 0 Å². The van der Waals surface area contributed by atoms with E-state index in [1.165, 1.54) is 11.1 Å². The summed E-state index contributed by atoms with van der Waals surface area (Å²) in [5.41, 5.74) is 4.78. The third kappa shape index (κ3) is 3.26. The Morgan fingerprint density at radius 1 is 1.10 bits per heavy atom. The molecule has 2 aromatic carbocycles. The zero-order chi connectivity index (χ0) is 14.7. The van der Waals surface area contributed by atoms with Gasteiger partial charge in [0.25, 0.3) is 0 Å². The van der Waals surface area contributed by atoms with E-state index < -0.39 is 0 Å². The van der Waals surface area contributed by atoms with Crippen LogP contribution in [0.25, 0.3) is 0 Å². The minimum atomic E-state index is 0.230. The van der Waals surface area contributed by atoms with Gasteiger partial charge in [0.1, 0.15) is 0 Å². The van der Waals surface area contributed by atoms with E-state index in [1.54, 1.807) is 0 Å². The van der Waals surface area contributed by atoms with Crippen molar-refractivity contribution >= 4 is 23.0 Å². The van der Waals surface area contributed by atoms with Crippen LogP contribution in [-0.4, -0.2) is 14.1 Å². The van der Waals surface area contributed by atoms with E-state index >= 15 is 0 Å². The Morgan fingerprint density at radius 3 is 2.45 bits per heavy atom. The second-order valence-corrected chi connectivity index (χ2v) is 5.71. The van der Waals surface area contributed by atoms with E-state index in [2.05, 4.69) is 48.3 Å². The molecule has 0 spiro atoms. The molecule has 0 aromatic heterocycles. The number of halogens is 1. The summed E-state index contributed by atoms with van der Waals surface area (Å²) in [5, 5.41) is 4.31. The first-order chi connectivity index (χ1) is 9.49. The molecule has 0 aliphatic rings. The Kier molecular flexibility index (Phi) is 4.56. The molecule has 2 aromatic rings. The lowest BCUT2D eigenvalue weighted by molar-refractivity contribution is 0.872. The molecule has 3 heteroatoms. The maximum Gasteiger partial charge on any atom is 0.0598 e. The van der Waals surface area contributed by atoms with Crippen molar-refractivity contribution in [3.05, 3.63) is 58.6 Å². The number of aryl methyl sites for hydroxylation is 1. The Balaban J connectivity index is 2.30. The van der Waals surface area contributed by atoms with Gasteiger partial charge in [-0.3, -0.25) is 0 Å². The molecular formula is C17H21ClN2. The molecule has 2 rings (SSSR count). The highest BCUT2D eigenvalue weighted by atomic mass is 35.5. The molecule has 0 fully saturated rings. The Bertz CT molecular complexity index is 593. The van der Waals surface area contributed by atoms with E-state index in [9.17, 15) is 0 Å². The van der Waals surface area contributed by atoms with Gasteiger partial charge in [0.2, 0.25) is 0 Å². The Labute approximate surface area is 126 Å². The van der Waals surface area contributed by atoms with Crippen molar-refractivity contribution in [2.75, 3.05) is 24.3 Å². The average Bonchev–Trinajstić information content (AvgIpc) is 2.38. The maximum absolute atomic E-state index is 6.12. The van der Waals surface area contributed by atoms with Gasteiger partial charge in [-0.25, -0.2) is 0 Å². The first kappa shape index (κ1) is 14.7. The minimum Gasteiger partial charge on any atom is -0.377 e. The predicted octanol–water partition coefficient (Wildman–Crippen LogP) is 4.89. The summed E-state index contributed by atoms with van der Waals surface area (Å²) < 4.78 is 0. The van der Waals surface area contributed by atoms with Crippen LogP contribution < -0.4 is 10.2 Å². The highest BCUT2D eigenvalue weighted by Crippen LogP contribution is 2.31. The fraction of sp³-hybridized carbons (Fsp3) is 0.294. The quantitative estimate of drug-likeness (QED) is 0.862. The zero-order valence-electron chi connectivity index (χ0n) is 12.4. The van der Waals surface area contributed by atoms with E-state index in [0.717, 1.165) is 16.4 Å². The highest BCUT2D eigenvalue weighted by molar-refractivity contribution is 6.31. The van der Waals surface area contributed by atoms with Gasteiger partial charge in [-0.15, -0.1) is 0 Å². The van der Waals surface area contributed by atoms with Crippen LogP contribution in [0, 0.1) is 6.92 Å². The first-order valence-electron chi connectivity index (χ1n) is 6.78. The van der Waals surface area contributed by atoms with Crippen molar-refractivity contribution in [2.24, 2.45) is 0 Å². The summed E-state index contributed by atoms with van der Waals surface area (Å²) in [6.07, 6.45) is 0. The lowest BCUT2D eigenvalue weighted by Gasteiger charge is -2.23. The number of benzene rings is 2. The second kappa shape index (κ2) is 6.19. The number of rotatable bonds is 4. The molecule has 0 bridgehead atoms. The van der Waals surface area contributed by atoms with Gasteiger partial charge in [-0.2, -0.15) is 0 Å². The SMILES string of the molecule is Cc1ccccc1C(C)Nc1cc(Cl)ccc1N(C)C. The molecule has 1 N–H and O–H groups in total. The van der Waals surface area contributed by atoms with Crippen molar-refractivity contribution in [2.45, 2.75) is 19.9 Å². The molecule has 0 radical (unpaired) electrons. The van der Waals surface area contributed by atoms with Crippen LogP contribution in [0.1, 0.15) is 24.1 Å². The second-order valence-electron chi connectivity index (χ2n) is 5.28. The van der Waals surface area contributed by atoms with Crippen molar-refractivity contribution in [3.63, 3.8) is 0 Å². The van der Waals surface area contributed by atoms with Gasteiger partial charge < -0.3 is 10.2 Å². The molecule has 0 saturated carbocycles. The summed E-state index contributed by atoms with van der Waals surface area (Å²) in [7, 11) is 4.07. The third-order valence-electron chi connectivity index (χ3n) is 3.47. The van der Waals surface area contributed by atoms with Crippen LogP contribution >= 0.6 is 11.6 Å². The largest absolute Gasteiger partial charge is 0.377 e. The monoisotopic (exact) mass is 288 g/mol. The number of hydrogen-bond acceptors (Lipinski definition) is 2.